The predicted molar refractivity (Wildman–Crippen MR) is 94.8 cm³/mol. The van der Waals surface area contributed by atoms with Crippen molar-refractivity contribution in [3.8, 4) is 11.5 Å². The van der Waals surface area contributed by atoms with Crippen LogP contribution in [0.2, 0.25) is 0 Å². The van der Waals surface area contributed by atoms with Crippen LogP contribution in [0.5, 0.6) is 0 Å². The number of ether oxygens (including phenoxy) is 1. The van der Waals surface area contributed by atoms with Crippen molar-refractivity contribution < 1.29 is 9.15 Å². The first-order valence-electron chi connectivity index (χ1n) is 8.42. The van der Waals surface area contributed by atoms with E-state index in [2.05, 4.69) is 15.0 Å². The number of hydrogen-bond donors (Lipinski definition) is 0. The van der Waals surface area contributed by atoms with E-state index in [0.29, 0.717) is 12.5 Å². The lowest BCUT2D eigenvalue weighted by atomic mass is 10.1. The summed E-state index contributed by atoms with van der Waals surface area (Å²) in [6, 6.07) is 15.9. The van der Waals surface area contributed by atoms with E-state index in [1.807, 2.05) is 48.5 Å². The Morgan fingerprint density at radius 2 is 2.00 bits per heavy atom. The maximum absolute atomic E-state index is 8.49. The number of rotatable bonds is 5. The van der Waals surface area contributed by atoms with Crippen molar-refractivity contribution in [2.24, 2.45) is 5.11 Å². The number of oxazole rings is 1. The molecule has 126 valence electrons. The fourth-order valence-corrected chi connectivity index (χ4v) is 3.20. The van der Waals surface area contributed by atoms with Crippen LogP contribution >= 0.6 is 0 Å². The Kier molecular flexibility index (Phi) is 4.37. The highest BCUT2D eigenvalue weighted by Gasteiger charge is 2.24. The van der Waals surface area contributed by atoms with E-state index in [1.165, 1.54) is 0 Å². The van der Waals surface area contributed by atoms with E-state index in [0.717, 1.165) is 41.5 Å². The summed E-state index contributed by atoms with van der Waals surface area (Å²) in [6.07, 6.45) is 2.84. The predicted octanol–water partition coefficient (Wildman–Crippen LogP) is 5.24. The second-order valence-corrected chi connectivity index (χ2v) is 6.29. The molecule has 0 radical (unpaired) electrons. The first-order valence-corrected chi connectivity index (χ1v) is 8.42. The summed E-state index contributed by atoms with van der Waals surface area (Å²) in [5.41, 5.74) is 12.2. The Labute approximate surface area is 145 Å². The van der Waals surface area contributed by atoms with Crippen molar-refractivity contribution in [1.82, 2.24) is 4.98 Å². The lowest BCUT2D eigenvalue weighted by Crippen LogP contribution is -2.09. The number of para-hydroxylation sites is 2. The molecular weight excluding hydrogens is 316 g/mol. The van der Waals surface area contributed by atoms with Gasteiger partial charge in [0.2, 0.25) is 5.89 Å². The smallest absolute Gasteiger partial charge is 0.227 e. The lowest BCUT2D eigenvalue weighted by molar-refractivity contribution is 0.0448. The normalized spacial score (nSPS) is 19.8. The summed E-state index contributed by atoms with van der Waals surface area (Å²) >= 11 is 0. The van der Waals surface area contributed by atoms with E-state index in [4.69, 9.17) is 14.7 Å². The highest BCUT2D eigenvalue weighted by atomic mass is 16.5. The van der Waals surface area contributed by atoms with Crippen LogP contribution in [0.25, 0.3) is 33.0 Å². The topological polar surface area (TPSA) is 84.0 Å². The van der Waals surface area contributed by atoms with Crippen LogP contribution in [-0.4, -0.2) is 17.1 Å². The first-order chi connectivity index (χ1) is 12.3. The molecule has 2 atom stereocenters. The van der Waals surface area contributed by atoms with Crippen molar-refractivity contribution in [3.63, 3.8) is 0 Å². The Hall–Kier alpha value is -2.82. The number of benzene rings is 2. The second-order valence-electron chi connectivity index (χ2n) is 6.29. The molecule has 0 unspecified atom stereocenters. The van der Waals surface area contributed by atoms with Gasteiger partial charge < -0.3 is 9.15 Å². The van der Waals surface area contributed by atoms with Gasteiger partial charge in [-0.15, -0.1) is 0 Å². The third kappa shape index (κ3) is 3.50. The van der Waals surface area contributed by atoms with Crippen molar-refractivity contribution >= 4 is 11.1 Å². The molecule has 1 aromatic heterocycles. The third-order valence-electron chi connectivity index (χ3n) is 4.55. The van der Waals surface area contributed by atoms with E-state index < -0.39 is 0 Å². The van der Waals surface area contributed by atoms with E-state index in [-0.39, 0.29) is 12.1 Å². The van der Waals surface area contributed by atoms with E-state index in [1.54, 1.807) is 0 Å². The average molecular weight is 334 g/mol. The molecule has 3 aromatic rings. The fraction of sp³-hybridized carbons (Fsp3) is 0.316. The maximum Gasteiger partial charge on any atom is 0.227 e. The molecule has 0 bridgehead atoms. The van der Waals surface area contributed by atoms with Gasteiger partial charge in [-0.05, 0) is 54.6 Å². The molecule has 1 heterocycles. The number of azide groups is 1. The maximum atomic E-state index is 8.49. The van der Waals surface area contributed by atoms with Crippen LogP contribution in [-0.2, 0) is 11.3 Å². The standard InChI is InChI=1S/C19H18N4O2/c20-23-22-15-9-10-16(11-15)24-12-13-5-7-14(8-6-13)19-21-17-3-1-2-4-18(17)25-19/h1-8,15-16H,9-12H2/t15-,16-/m0/s1. The average Bonchev–Trinajstić information content (AvgIpc) is 3.27. The molecule has 0 spiro atoms. The minimum atomic E-state index is 0.0801. The zero-order chi connectivity index (χ0) is 17.1. The molecule has 1 aliphatic rings. The summed E-state index contributed by atoms with van der Waals surface area (Å²) in [5.74, 6) is 0.627. The van der Waals surface area contributed by atoms with Crippen LogP contribution < -0.4 is 0 Å². The monoisotopic (exact) mass is 334 g/mol. The number of aromatic nitrogens is 1. The molecule has 0 saturated heterocycles. The number of hydrogen-bond acceptors (Lipinski definition) is 4. The molecule has 1 fully saturated rings. The molecule has 0 N–H and O–H groups in total. The van der Waals surface area contributed by atoms with Gasteiger partial charge in [-0.3, -0.25) is 0 Å². The van der Waals surface area contributed by atoms with Crippen molar-refractivity contribution in [2.45, 2.75) is 38.0 Å². The molecule has 6 nitrogen and oxygen atoms in total. The Morgan fingerprint density at radius 1 is 1.16 bits per heavy atom. The van der Waals surface area contributed by atoms with Gasteiger partial charge in [0.15, 0.2) is 5.58 Å². The zero-order valence-electron chi connectivity index (χ0n) is 13.7. The summed E-state index contributed by atoms with van der Waals surface area (Å²) < 4.78 is 11.7. The van der Waals surface area contributed by atoms with Crippen molar-refractivity contribution in [2.75, 3.05) is 0 Å². The molecule has 6 heteroatoms. The molecule has 25 heavy (non-hydrogen) atoms. The molecular formula is C19H18N4O2. The van der Waals surface area contributed by atoms with Crippen LogP contribution in [0.4, 0.5) is 0 Å². The SMILES string of the molecule is [N-]=[N+]=N[C@H]1CC[C@H](OCc2ccc(-c3nc4ccccc4o3)cc2)C1. The van der Waals surface area contributed by atoms with Crippen LogP contribution in [0, 0.1) is 0 Å². The Morgan fingerprint density at radius 3 is 2.80 bits per heavy atom. The number of nitrogens with zero attached hydrogens (tertiary/aromatic N) is 4. The van der Waals surface area contributed by atoms with E-state index >= 15 is 0 Å². The van der Waals surface area contributed by atoms with Gasteiger partial charge >= 0.3 is 0 Å². The molecule has 0 amide bonds. The molecule has 1 saturated carbocycles. The lowest BCUT2D eigenvalue weighted by Gasteiger charge is -2.11. The third-order valence-corrected chi connectivity index (χ3v) is 4.55. The van der Waals surface area contributed by atoms with Gasteiger partial charge in [0.25, 0.3) is 0 Å². The highest BCUT2D eigenvalue weighted by molar-refractivity contribution is 5.75. The summed E-state index contributed by atoms with van der Waals surface area (Å²) in [4.78, 5) is 7.39. The molecule has 0 aliphatic heterocycles. The first kappa shape index (κ1) is 15.7. The summed E-state index contributed by atoms with van der Waals surface area (Å²) in [7, 11) is 0. The Balaban J connectivity index is 1.39. The van der Waals surface area contributed by atoms with Crippen LogP contribution in [0.15, 0.2) is 58.1 Å². The quantitative estimate of drug-likeness (QED) is 0.363. The molecule has 1 aliphatic carbocycles. The minimum absolute atomic E-state index is 0.0801. The molecule has 4 rings (SSSR count). The van der Waals surface area contributed by atoms with Gasteiger partial charge in [0.1, 0.15) is 5.52 Å². The minimum Gasteiger partial charge on any atom is -0.436 e. The van der Waals surface area contributed by atoms with Gasteiger partial charge in [0, 0.05) is 16.5 Å². The zero-order valence-corrected chi connectivity index (χ0v) is 13.7. The van der Waals surface area contributed by atoms with Crippen molar-refractivity contribution in [3.05, 3.63) is 64.5 Å². The number of fused-ring (bicyclic) bond motifs is 1. The molecule has 2 aromatic carbocycles. The van der Waals surface area contributed by atoms with Crippen molar-refractivity contribution in [1.29, 1.82) is 0 Å². The Bertz CT molecular complexity index is 880. The van der Waals surface area contributed by atoms with Crippen LogP contribution in [0.3, 0.4) is 0 Å². The van der Waals surface area contributed by atoms with E-state index in [9.17, 15) is 0 Å². The second kappa shape index (κ2) is 6.97. The van der Waals surface area contributed by atoms with Gasteiger partial charge in [-0.25, -0.2) is 4.98 Å². The largest absolute Gasteiger partial charge is 0.436 e. The van der Waals surface area contributed by atoms with Gasteiger partial charge in [-0.1, -0.05) is 29.4 Å². The highest BCUT2D eigenvalue weighted by Crippen LogP contribution is 2.27. The van der Waals surface area contributed by atoms with Crippen LogP contribution in [0.1, 0.15) is 24.8 Å². The summed E-state index contributed by atoms with van der Waals surface area (Å²) in [6.45, 7) is 0.557. The van der Waals surface area contributed by atoms with Gasteiger partial charge in [0.05, 0.1) is 12.7 Å². The van der Waals surface area contributed by atoms with Gasteiger partial charge in [-0.2, -0.15) is 0 Å². The summed E-state index contributed by atoms with van der Waals surface area (Å²) in [5, 5.41) is 3.78. The fourth-order valence-electron chi connectivity index (χ4n) is 3.20.